The topological polar surface area (TPSA) is 104 Å². The number of aliphatic hydroxyl groups excluding tert-OH is 2. The van der Waals surface area contributed by atoms with E-state index in [2.05, 4.69) is 0 Å². The maximum absolute atomic E-state index is 10.3. The van der Waals surface area contributed by atoms with E-state index >= 15 is 0 Å². The van der Waals surface area contributed by atoms with Gasteiger partial charge < -0.3 is 21.1 Å². The number of aliphatic hydroxyl groups is 2. The first kappa shape index (κ1) is 11.4. The van der Waals surface area contributed by atoms with Crippen molar-refractivity contribution in [2.24, 2.45) is 5.73 Å². The third-order valence-electron chi connectivity index (χ3n) is 1.63. The van der Waals surface area contributed by atoms with E-state index in [1.54, 1.807) is 0 Å². The van der Waals surface area contributed by atoms with Crippen LogP contribution < -0.4 is 5.73 Å². The number of aliphatic carboxylic acids is 1. The molecule has 0 heterocycles. The minimum atomic E-state index is -1.41. The molecule has 5 N–H and O–H groups in total. The van der Waals surface area contributed by atoms with Gasteiger partial charge in [-0.2, -0.15) is 0 Å². The SMILES string of the molecule is CCC[C@H](O)[C@@H](O)C(N)C(=O)O. The lowest BCUT2D eigenvalue weighted by Crippen LogP contribution is -2.48. The van der Waals surface area contributed by atoms with Gasteiger partial charge in [-0.15, -0.1) is 0 Å². The van der Waals surface area contributed by atoms with E-state index in [4.69, 9.17) is 21.1 Å². The van der Waals surface area contributed by atoms with E-state index in [1.165, 1.54) is 0 Å². The largest absolute Gasteiger partial charge is 0.480 e. The van der Waals surface area contributed by atoms with Crippen LogP contribution >= 0.6 is 0 Å². The summed E-state index contributed by atoms with van der Waals surface area (Å²) in [5.41, 5.74) is 5.08. The van der Waals surface area contributed by atoms with Crippen molar-refractivity contribution in [3.05, 3.63) is 0 Å². The van der Waals surface area contributed by atoms with Gasteiger partial charge in [0.25, 0.3) is 0 Å². The van der Waals surface area contributed by atoms with Crippen LogP contribution in [0, 0.1) is 0 Å². The fraction of sp³-hybridized carbons (Fsp3) is 0.857. The molecule has 0 aliphatic carbocycles. The molecule has 1 unspecified atom stereocenters. The number of hydrogen-bond acceptors (Lipinski definition) is 4. The van der Waals surface area contributed by atoms with E-state index in [0.29, 0.717) is 12.8 Å². The van der Waals surface area contributed by atoms with E-state index in [9.17, 15) is 4.79 Å². The van der Waals surface area contributed by atoms with Crippen LogP contribution in [0.25, 0.3) is 0 Å². The van der Waals surface area contributed by atoms with Gasteiger partial charge >= 0.3 is 5.97 Å². The first-order valence-corrected chi connectivity index (χ1v) is 3.85. The highest BCUT2D eigenvalue weighted by molar-refractivity contribution is 5.73. The summed E-state index contributed by atoms with van der Waals surface area (Å²) in [5.74, 6) is -1.31. The van der Waals surface area contributed by atoms with Crippen molar-refractivity contribution >= 4 is 5.97 Å². The molecule has 0 saturated carbocycles. The Morgan fingerprint density at radius 3 is 2.33 bits per heavy atom. The van der Waals surface area contributed by atoms with Gasteiger partial charge in [0, 0.05) is 0 Å². The standard InChI is InChI=1S/C7H15NO4/c1-2-3-4(9)6(10)5(8)7(11)12/h4-6,9-10H,2-3,8H2,1H3,(H,11,12)/t4-,5?,6+/m0/s1. The van der Waals surface area contributed by atoms with Crippen LogP contribution in [0.5, 0.6) is 0 Å². The molecular formula is C7H15NO4. The van der Waals surface area contributed by atoms with Gasteiger partial charge in [0.2, 0.25) is 0 Å². The Bertz CT molecular complexity index is 150. The summed E-state index contributed by atoms with van der Waals surface area (Å²) in [6, 6.07) is -1.41. The number of rotatable bonds is 5. The molecule has 0 spiro atoms. The summed E-state index contributed by atoms with van der Waals surface area (Å²) in [6.07, 6.45) is -1.42. The molecule has 0 aromatic rings. The molecule has 12 heavy (non-hydrogen) atoms. The van der Waals surface area contributed by atoms with Gasteiger partial charge in [0.1, 0.15) is 12.1 Å². The third kappa shape index (κ3) is 3.17. The molecule has 3 atom stereocenters. The number of hydrogen-bond donors (Lipinski definition) is 4. The molecule has 72 valence electrons. The van der Waals surface area contributed by atoms with Gasteiger partial charge in [-0.25, -0.2) is 0 Å². The van der Waals surface area contributed by atoms with Crippen molar-refractivity contribution in [2.75, 3.05) is 0 Å². The lowest BCUT2D eigenvalue weighted by Gasteiger charge is -2.20. The van der Waals surface area contributed by atoms with Crippen LogP contribution in [0.15, 0.2) is 0 Å². The zero-order valence-corrected chi connectivity index (χ0v) is 6.97. The van der Waals surface area contributed by atoms with Crippen molar-refractivity contribution in [1.29, 1.82) is 0 Å². The molecule has 0 saturated heterocycles. The highest BCUT2D eigenvalue weighted by Crippen LogP contribution is 2.04. The predicted molar refractivity (Wildman–Crippen MR) is 42.5 cm³/mol. The van der Waals surface area contributed by atoms with Gasteiger partial charge in [0.15, 0.2) is 0 Å². The van der Waals surface area contributed by atoms with Crippen LogP contribution in [0.4, 0.5) is 0 Å². The Labute approximate surface area is 70.8 Å². The molecule has 0 amide bonds. The smallest absolute Gasteiger partial charge is 0.323 e. The van der Waals surface area contributed by atoms with E-state index in [1.807, 2.05) is 6.92 Å². The average Bonchev–Trinajstić information content (AvgIpc) is 2.02. The van der Waals surface area contributed by atoms with Crippen LogP contribution in [0.2, 0.25) is 0 Å². The normalized spacial score (nSPS) is 18.3. The predicted octanol–water partition coefficient (Wildman–Crippen LogP) is -1.08. The zero-order valence-electron chi connectivity index (χ0n) is 6.97. The molecule has 0 aromatic carbocycles. The van der Waals surface area contributed by atoms with Crippen molar-refractivity contribution in [1.82, 2.24) is 0 Å². The lowest BCUT2D eigenvalue weighted by atomic mass is 10.0. The van der Waals surface area contributed by atoms with Crippen LogP contribution in [0.1, 0.15) is 19.8 Å². The monoisotopic (exact) mass is 177 g/mol. The summed E-state index contributed by atoms with van der Waals surface area (Å²) in [6.45, 7) is 1.82. The second-order valence-corrected chi connectivity index (χ2v) is 2.71. The second kappa shape index (κ2) is 5.08. The second-order valence-electron chi connectivity index (χ2n) is 2.71. The first-order valence-electron chi connectivity index (χ1n) is 3.85. The van der Waals surface area contributed by atoms with Gasteiger partial charge in [0.05, 0.1) is 6.10 Å². The summed E-state index contributed by atoms with van der Waals surface area (Å²) >= 11 is 0. The van der Waals surface area contributed by atoms with Crippen LogP contribution in [0.3, 0.4) is 0 Å². The number of carboxylic acid groups (broad SMARTS) is 1. The van der Waals surface area contributed by atoms with E-state index < -0.39 is 24.2 Å². The third-order valence-corrected chi connectivity index (χ3v) is 1.63. The van der Waals surface area contributed by atoms with Gasteiger partial charge in [-0.3, -0.25) is 4.79 Å². The quantitative estimate of drug-likeness (QED) is 0.427. The van der Waals surface area contributed by atoms with Crippen LogP contribution in [-0.2, 0) is 4.79 Å². The Morgan fingerprint density at radius 2 is 2.00 bits per heavy atom. The molecule has 0 rings (SSSR count). The zero-order chi connectivity index (χ0) is 9.72. The van der Waals surface area contributed by atoms with Crippen molar-refractivity contribution < 1.29 is 20.1 Å². The lowest BCUT2D eigenvalue weighted by molar-refractivity contribution is -0.143. The molecule has 0 radical (unpaired) electrons. The molecule has 5 nitrogen and oxygen atoms in total. The van der Waals surface area contributed by atoms with Crippen molar-refractivity contribution in [3.8, 4) is 0 Å². The van der Waals surface area contributed by atoms with E-state index in [0.717, 1.165) is 0 Å². The Hall–Kier alpha value is -0.650. The summed E-state index contributed by atoms with van der Waals surface area (Å²) in [4.78, 5) is 10.3. The number of nitrogens with two attached hydrogens (primary N) is 1. The Morgan fingerprint density at radius 1 is 1.50 bits per heavy atom. The average molecular weight is 177 g/mol. The fourth-order valence-electron chi connectivity index (χ4n) is 0.852. The molecule has 0 bridgehead atoms. The minimum Gasteiger partial charge on any atom is -0.480 e. The first-order chi connectivity index (χ1) is 5.50. The van der Waals surface area contributed by atoms with Crippen molar-refractivity contribution in [2.45, 2.75) is 38.0 Å². The number of carbonyl (C=O) groups is 1. The highest BCUT2D eigenvalue weighted by Gasteiger charge is 2.27. The maximum Gasteiger partial charge on any atom is 0.323 e. The Kier molecular flexibility index (Phi) is 4.80. The number of carboxylic acids is 1. The Balaban J connectivity index is 3.99. The van der Waals surface area contributed by atoms with E-state index in [-0.39, 0.29) is 0 Å². The van der Waals surface area contributed by atoms with Gasteiger partial charge in [-0.1, -0.05) is 13.3 Å². The fourth-order valence-corrected chi connectivity index (χ4v) is 0.852. The molecule has 0 fully saturated rings. The van der Waals surface area contributed by atoms with Crippen LogP contribution in [-0.4, -0.2) is 39.5 Å². The van der Waals surface area contributed by atoms with Gasteiger partial charge in [-0.05, 0) is 6.42 Å². The summed E-state index contributed by atoms with van der Waals surface area (Å²) in [7, 11) is 0. The molecule has 0 aliphatic rings. The molecule has 0 aromatic heterocycles. The minimum absolute atomic E-state index is 0.349. The summed E-state index contributed by atoms with van der Waals surface area (Å²) in [5, 5.41) is 26.6. The maximum atomic E-state index is 10.3. The molecule has 5 heteroatoms. The molecular weight excluding hydrogens is 162 g/mol. The van der Waals surface area contributed by atoms with Crippen molar-refractivity contribution in [3.63, 3.8) is 0 Å². The highest BCUT2D eigenvalue weighted by atomic mass is 16.4. The molecule has 0 aliphatic heterocycles. The summed E-state index contributed by atoms with van der Waals surface area (Å²) < 4.78 is 0.